The second kappa shape index (κ2) is 15.6. The molecule has 0 bridgehead atoms. The van der Waals surface area contributed by atoms with Crippen molar-refractivity contribution in [1.29, 1.82) is 0 Å². The molecule has 0 amide bonds. The molecule has 1 heteroatoms. The number of benzene rings is 9. The molecule has 0 heterocycles. The van der Waals surface area contributed by atoms with E-state index in [2.05, 4.69) is 236 Å². The van der Waals surface area contributed by atoms with Gasteiger partial charge in [0.1, 0.15) is 0 Å². The van der Waals surface area contributed by atoms with E-state index in [1.807, 2.05) is 0 Å². The first-order valence-corrected chi connectivity index (χ1v) is 21.5. The molecule has 0 saturated heterocycles. The van der Waals surface area contributed by atoms with Gasteiger partial charge in [0, 0.05) is 17.1 Å². The lowest BCUT2D eigenvalue weighted by atomic mass is 9.78. The predicted molar refractivity (Wildman–Crippen MR) is 262 cm³/mol. The topological polar surface area (TPSA) is 3.24 Å². The molecule has 0 aliphatic heterocycles. The summed E-state index contributed by atoms with van der Waals surface area (Å²) in [6.07, 6.45) is 13.3. The van der Waals surface area contributed by atoms with Crippen molar-refractivity contribution in [2.75, 3.05) is 4.90 Å². The molecule has 0 saturated carbocycles. The van der Waals surface area contributed by atoms with Gasteiger partial charge in [-0.1, -0.05) is 189 Å². The van der Waals surface area contributed by atoms with Gasteiger partial charge in [-0.15, -0.1) is 0 Å². The zero-order chi connectivity index (χ0) is 40.7. The Kier molecular flexibility index (Phi) is 9.36. The van der Waals surface area contributed by atoms with Gasteiger partial charge in [-0.3, -0.25) is 0 Å². The Bertz CT molecular complexity index is 3180. The molecule has 2 aliphatic carbocycles. The number of allylic oxidation sites excluding steroid dienone is 4. The summed E-state index contributed by atoms with van der Waals surface area (Å²) in [6, 6.07) is 71.5. The lowest BCUT2D eigenvalue weighted by Crippen LogP contribution is -2.11. The van der Waals surface area contributed by atoms with Gasteiger partial charge < -0.3 is 4.90 Å². The van der Waals surface area contributed by atoms with Crippen molar-refractivity contribution < 1.29 is 0 Å². The molecule has 290 valence electrons. The summed E-state index contributed by atoms with van der Waals surface area (Å²) < 4.78 is 0. The molecule has 0 aromatic heterocycles. The third-order valence-corrected chi connectivity index (χ3v) is 12.8. The molecule has 1 atom stereocenters. The first-order chi connectivity index (χ1) is 30.2. The van der Waals surface area contributed by atoms with Crippen molar-refractivity contribution in [1.82, 2.24) is 0 Å². The molecule has 61 heavy (non-hydrogen) atoms. The Morgan fingerprint density at radius 1 is 0.459 bits per heavy atom. The fourth-order valence-corrected chi connectivity index (χ4v) is 9.75. The minimum absolute atomic E-state index is 0.425. The molecule has 1 unspecified atom stereocenters. The van der Waals surface area contributed by atoms with E-state index in [4.69, 9.17) is 0 Å². The molecule has 1 nitrogen and oxygen atoms in total. The van der Waals surface area contributed by atoms with Crippen LogP contribution in [-0.4, -0.2) is 0 Å². The average molecular weight is 780 g/mol. The van der Waals surface area contributed by atoms with Crippen LogP contribution in [0.15, 0.2) is 212 Å². The van der Waals surface area contributed by atoms with Crippen LogP contribution in [0, 0.1) is 0 Å². The summed E-state index contributed by atoms with van der Waals surface area (Å²) in [6.45, 7) is 2.39. The van der Waals surface area contributed by atoms with Crippen LogP contribution in [0.25, 0.3) is 72.7 Å². The van der Waals surface area contributed by atoms with E-state index >= 15 is 0 Å². The molecule has 0 radical (unpaired) electrons. The van der Waals surface area contributed by atoms with Crippen LogP contribution in [0.4, 0.5) is 17.1 Å². The van der Waals surface area contributed by atoms with Crippen LogP contribution in [0.2, 0.25) is 0 Å². The van der Waals surface area contributed by atoms with Gasteiger partial charge in [-0.25, -0.2) is 0 Å². The zero-order valence-electron chi connectivity index (χ0n) is 34.3. The molecule has 2 aliphatic rings. The van der Waals surface area contributed by atoms with Crippen molar-refractivity contribution in [2.24, 2.45) is 0 Å². The molecule has 0 spiro atoms. The highest BCUT2D eigenvalue weighted by molar-refractivity contribution is 6.13. The van der Waals surface area contributed by atoms with Gasteiger partial charge in [0.25, 0.3) is 0 Å². The van der Waals surface area contributed by atoms with Crippen LogP contribution in [0.3, 0.4) is 0 Å². The van der Waals surface area contributed by atoms with Crippen molar-refractivity contribution in [3.05, 3.63) is 240 Å². The van der Waals surface area contributed by atoms with Crippen LogP contribution >= 0.6 is 0 Å². The van der Waals surface area contributed by atoms with Gasteiger partial charge in [0.15, 0.2) is 0 Å². The first-order valence-electron chi connectivity index (χ1n) is 21.5. The smallest absolute Gasteiger partial charge is 0.0468 e. The fraction of sp³-hybridized carbons (Fsp3) is 0.0667. The second-order valence-electron chi connectivity index (χ2n) is 16.5. The summed E-state index contributed by atoms with van der Waals surface area (Å²) in [4.78, 5) is 2.44. The largest absolute Gasteiger partial charge is 0.310 e. The Hall–Kier alpha value is -7.48. The molecule has 9 aromatic rings. The van der Waals surface area contributed by atoms with E-state index in [0.717, 1.165) is 29.9 Å². The van der Waals surface area contributed by atoms with Crippen molar-refractivity contribution in [2.45, 2.75) is 25.7 Å². The van der Waals surface area contributed by atoms with E-state index in [1.165, 1.54) is 88.3 Å². The van der Waals surface area contributed by atoms with E-state index in [-0.39, 0.29) is 0 Å². The number of hydrogen-bond donors (Lipinski definition) is 0. The fourth-order valence-electron chi connectivity index (χ4n) is 9.75. The molecule has 11 rings (SSSR count). The normalized spacial score (nSPS) is 14.3. The minimum Gasteiger partial charge on any atom is -0.310 e. The van der Waals surface area contributed by atoms with Gasteiger partial charge in [0.05, 0.1) is 0 Å². The zero-order valence-corrected chi connectivity index (χ0v) is 34.3. The maximum atomic E-state index is 2.48. The van der Waals surface area contributed by atoms with Crippen molar-refractivity contribution >= 4 is 56.3 Å². The van der Waals surface area contributed by atoms with E-state index < -0.39 is 0 Å². The van der Waals surface area contributed by atoms with Crippen molar-refractivity contribution in [3.63, 3.8) is 0 Å². The lowest BCUT2D eigenvalue weighted by Gasteiger charge is -2.29. The third-order valence-electron chi connectivity index (χ3n) is 12.8. The minimum atomic E-state index is 0.425. The van der Waals surface area contributed by atoms with Gasteiger partial charge in [-0.2, -0.15) is 0 Å². The van der Waals surface area contributed by atoms with Gasteiger partial charge in [-0.05, 0) is 150 Å². The van der Waals surface area contributed by atoms with Gasteiger partial charge in [0.2, 0.25) is 0 Å². The van der Waals surface area contributed by atoms with E-state index in [9.17, 15) is 0 Å². The highest BCUT2D eigenvalue weighted by Gasteiger charge is 2.24. The van der Waals surface area contributed by atoms with Crippen LogP contribution < -0.4 is 4.90 Å². The maximum absolute atomic E-state index is 2.48. The third kappa shape index (κ3) is 6.79. The monoisotopic (exact) mass is 779 g/mol. The Labute approximate surface area is 358 Å². The Balaban J connectivity index is 1.07. The summed E-state index contributed by atoms with van der Waals surface area (Å²) in [7, 11) is 0. The molecule has 0 N–H and O–H groups in total. The highest BCUT2D eigenvalue weighted by atomic mass is 15.1. The first kappa shape index (κ1) is 36.6. The Morgan fingerprint density at radius 3 is 1.92 bits per heavy atom. The summed E-state index contributed by atoms with van der Waals surface area (Å²) >= 11 is 0. The number of fused-ring (bicyclic) bond motifs is 6. The van der Waals surface area contributed by atoms with Crippen LogP contribution in [-0.2, 0) is 6.42 Å². The molecular weight excluding hydrogens is 735 g/mol. The average Bonchev–Trinajstić information content (AvgIpc) is 3.59. The Morgan fingerprint density at radius 2 is 1.11 bits per heavy atom. The number of rotatable bonds is 7. The SMILES string of the molecule is CC1CC(c2cccc(N(c3ccc(-c4cc5ccccc5c5ccccc45)cc3)c3ccc(-c4ccccc4)c(-c4ccccc4)c3)c2)=Cc2c1ccc1c2CC=CC=C1. The molecular formula is C60H45N. The predicted octanol–water partition coefficient (Wildman–Crippen LogP) is 16.6. The van der Waals surface area contributed by atoms with Crippen molar-refractivity contribution in [3.8, 4) is 33.4 Å². The van der Waals surface area contributed by atoms with Crippen LogP contribution in [0.1, 0.15) is 47.1 Å². The number of anilines is 3. The summed E-state index contributed by atoms with van der Waals surface area (Å²) in [5.74, 6) is 0.425. The molecule has 0 fully saturated rings. The van der Waals surface area contributed by atoms with Gasteiger partial charge >= 0.3 is 0 Å². The number of nitrogens with zero attached hydrogens (tertiary/aromatic N) is 1. The quantitative estimate of drug-likeness (QED) is 0.146. The number of hydrogen-bond acceptors (Lipinski definition) is 1. The van der Waals surface area contributed by atoms with E-state index in [0.29, 0.717) is 5.92 Å². The summed E-state index contributed by atoms with van der Waals surface area (Å²) in [5.41, 5.74) is 18.9. The molecule has 9 aromatic carbocycles. The maximum Gasteiger partial charge on any atom is 0.0468 e. The van der Waals surface area contributed by atoms with Crippen LogP contribution in [0.5, 0.6) is 0 Å². The van der Waals surface area contributed by atoms with E-state index in [1.54, 1.807) is 0 Å². The lowest BCUT2D eigenvalue weighted by molar-refractivity contribution is 0.780. The highest BCUT2D eigenvalue weighted by Crippen LogP contribution is 2.45. The standard InChI is InChI=1S/C60H45N/c1-41-36-48(39-60-52(41)34-30-44-20-9-4-10-24-53(44)60)46-22-15-23-50(37-46)61(51-33-35-55(42-16-5-2-6-17-42)59(40-51)43-18-7-3-8-19-43)49-31-28-45(29-32-49)58-38-47-21-11-12-25-54(47)56-26-13-14-27-57(56)58/h2-23,25-35,37-41H,24,36H2,1H3. The summed E-state index contributed by atoms with van der Waals surface area (Å²) in [5, 5.41) is 5.09. The second-order valence-corrected chi connectivity index (χ2v) is 16.5.